The van der Waals surface area contributed by atoms with Crippen LogP contribution in [0.3, 0.4) is 0 Å². The predicted molar refractivity (Wildman–Crippen MR) is 156 cm³/mol. The summed E-state index contributed by atoms with van der Waals surface area (Å²) in [6.07, 6.45) is -1.89. The maximum atomic E-state index is 14.0. The number of carboxylic acids is 1. The number of nitrogens with zero attached hydrogens (tertiary/aromatic N) is 1. The standard InChI is InChI=1S/C33H28F4N2O8/c1-16-5-8-20(9-6-16)47-33(45)38-23-10-7-17-3-2-4-18-11-24(39(30(17)18)32(23)44)25(40)12-19(13-27(42)43)26(41)15-46-31-28(36)21(34)14-22(35)29(31)37/h2-6,8-9,14,19,23-24H,7,10-13,15H2,1H3,(H,38,45)(H,42,43)/t19?,23-,24-/m0/s1. The summed E-state index contributed by atoms with van der Waals surface area (Å²) in [5, 5.41) is 12.0. The number of nitrogens with one attached hydrogen (secondary N) is 1. The number of para-hydroxylation sites is 1. The van der Waals surface area contributed by atoms with E-state index in [0.29, 0.717) is 17.7 Å². The molecule has 246 valence electrons. The SMILES string of the molecule is Cc1ccc(OC(=O)N[C@H]2CCc3cccc4c3N(C2=O)[C@H](C(=O)CC(CC(=O)O)C(=O)COc2c(F)c(F)cc(F)c2F)C4)cc1. The number of halogens is 4. The van der Waals surface area contributed by atoms with Crippen molar-refractivity contribution in [2.75, 3.05) is 11.5 Å². The van der Waals surface area contributed by atoms with Gasteiger partial charge in [0.1, 0.15) is 18.4 Å². The van der Waals surface area contributed by atoms with Crippen LogP contribution in [0.2, 0.25) is 0 Å². The normalized spacial score (nSPS) is 17.4. The summed E-state index contributed by atoms with van der Waals surface area (Å²) in [7, 11) is 0. The van der Waals surface area contributed by atoms with Crippen molar-refractivity contribution < 1.29 is 56.1 Å². The number of hydrogen-bond acceptors (Lipinski definition) is 7. The van der Waals surface area contributed by atoms with Gasteiger partial charge >= 0.3 is 12.1 Å². The molecule has 14 heteroatoms. The first-order valence-corrected chi connectivity index (χ1v) is 14.6. The maximum absolute atomic E-state index is 14.0. The number of benzene rings is 3. The lowest BCUT2D eigenvalue weighted by Crippen LogP contribution is -2.53. The zero-order valence-corrected chi connectivity index (χ0v) is 24.9. The highest BCUT2D eigenvalue weighted by atomic mass is 19.2. The third-order valence-corrected chi connectivity index (χ3v) is 8.06. The van der Waals surface area contributed by atoms with E-state index in [-0.39, 0.29) is 24.7 Å². The number of carboxylic acid groups (broad SMARTS) is 1. The molecule has 0 bridgehead atoms. The fourth-order valence-corrected chi connectivity index (χ4v) is 5.74. The van der Waals surface area contributed by atoms with E-state index in [0.717, 1.165) is 11.1 Å². The number of ketones is 2. The van der Waals surface area contributed by atoms with Gasteiger partial charge in [0.2, 0.25) is 17.5 Å². The fraction of sp³-hybridized carbons (Fsp3) is 0.303. The van der Waals surface area contributed by atoms with Crippen molar-refractivity contribution >= 4 is 35.2 Å². The second-order valence-corrected chi connectivity index (χ2v) is 11.3. The Morgan fingerprint density at radius 3 is 2.30 bits per heavy atom. The van der Waals surface area contributed by atoms with E-state index >= 15 is 0 Å². The lowest BCUT2D eigenvalue weighted by atomic mass is 9.90. The predicted octanol–water partition coefficient (Wildman–Crippen LogP) is 4.61. The average molecular weight is 657 g/mol. The molecule has 5 rings (SSSR count). The summed E-state index contributed by atoms with van der Waals surface area (Å²) in [4.78, 5) is 66.2. The number of hydrogen-bond donors (Lipinski definition) is 2. The third kappa shape index (κ3) is 7.11. The molecule has 10 nitrogen and oxygen atoms in total. The quantitative estimate of drug-likeness (QED) is 0.226. The Kier molecular flexibility index (Phi) is 9.59. The van der Waals surface area contributed by atoms with Crippen LogP contribution < -0.4 is 19.7 Å². The van der Waals surface area contributed by atoms with E-state index in [1.807, 2.05) is 6.92 Å². The van der Waals surface area contributed by atoms with Crippen LogP contribution in [0, 0.1) is 36.1 Å². The van der Waals surface area contributed by atoms with Crippen molar-refractivity contribution in [3.8, 4) is 11.5 Å². The Bertz CT molecular complexity index is 1740. The topological polar surface area (TPSA) is 139 Å². The van der Waals surface area contributed by atoms with Gasteiger partial charge in [-0.1, -0.05) is 35.9 Å². The van der Waals surface area contributed by atoms with Crippen LogP contribution >= 0.6 is 0 Å². The van der Waals surface area contributed by atoms with Gasteiger partial charge in [0.05, 0.1) is 18.2 Å². The summed E-state index contributed by atoms with van der Waals surface area (Å²) < 4.78 is 65.2. The number of anilines is 1. The minimum Gasteiger partial charge on any atom is -0.481 e. The zero-order valence-electron chi connectivity index (χ0n) is 24.9. The van der Waals surface area contributed by atoms with E-state index in [1.165, 1.54) is 4.90 Å². The molecule has 47 heavy (non-hydrogen) atoms. The smallest absolute Gasteiger partial charge is 0.413 e. The zero-order chi connectivity index (χ0) is 34.0. The maximum Gasteiger partial charge on any atom is 0.413 e. The second-order valence-electron chi connectivity index (χ2n) is 11.3. The first-order chi connectivity index (χ1) is 22.3. The van der Waals surface area contributed by atoms with Crippen molar-refractivity contribution in [1.29, 1.82) is 0 Å². The van der Waals surface area contributed by atoms with Gasteiger partial charge in [-0.2, -0.15) is 8.78 Å². The minimum atomic E-state index is -1.90. The molecule has 2 amide bonds. The number of rotatable bonds is 11. The molecule has 0 aliphatic carbocycles. The molecule has 0 saturated carbocycles. The highest BCUT2D eigenvalue weighted by Gasteiger charge is 2.44. The molecule has 0 aromatic heterocycles. The molecule has 0 spiro atoms. The van der Waals surface area contributed by atoms with E-state index in [1.54, 1.807) is 42.5 Å². The lowest BCUT2D eigenvalue weighted by molar-refractivity contribution is -0.142. The molecule has 3 atom stereocenters. The Labute approximate surface area is 265 Å². The molecule has 0 saturated heterocycles. The molecule has 3 aromatic carbocycles. The molecule has 0 radical (unpaired) electrons. The highest BCUT2D eigenvalue weighted by molar-refractivity contribution is 6.08. The van der Waals surface area contributed by atoms with Gasteiger partial charge in [0.15, 0.2) is 29.0 Å². The number of ether oxygens (including phenoxy) is 2. The Morgan fingerprint density at radius 2 is 1.64 bits per heavy atom. The van der Waals surface area contributed by atoms with E-state index < -0.39 is 96.0 Å². The van der Waals surface area contributed by atoms with Gasteiger partial charge in [-0.25, -0.2) is 13.6 Å². The first kappa shape index (κ1) is 33.1. The van der Waals surface area contributed by atoms with Crippen LogP contribution in [0.15, 0.2) is 48.5 Å². The molecule has 2 heterocycles. The van der Waals surface area contributed by atoms with E-state index in [2.05, 4.69) is 5.32 Å². The van der Waals surface area contributed by atoms with Gasteiger partial charge in [0.25, 0.3) is 0 Å². The Hall–Kier alpha value is -5.27. The summed E-state index contributed by atoms with van der Waals surface area (Å²) >= 11 is 0. The summed E-state index contributed by atoms with van der Waals surface area (Å²) in [6, 6.07) is 9.59. The number of carbonyl (C=O) groups excluding carboxylic acids is 4. The molecular formula is C33H28F4N2O8. The number of aliphatic carboxylic acids is 1. The van der Waals surface area contributed by atoms with Gasteiger partial charge in [-0.3, -0.25) is 24.1 Å². The molecule has 2 aliphatic heterocycles. The lowest BCUT2D eigenvalue weighted by Gasteiger charge is -2.28. The van der Waals surface area contributed by atoms with Gasteiger partial charge in [-0.15, -0.1) is 0 Å². The number of carbonyl (C=O) groups is 5. The van der Waals surface area contributed by atoms with Crippen molar-refractivity contribution in [1.82, 2.24) is 5.32 Å². The van der Waals surface area contributed by atoms with Gasteiger partial charge in [0, 0.05) is 24.8 Å². The molecule has 3 aromatic rings. The van der Waals surface area contributed by atoms with Crippen molar-refractivity contribution in [2.24, 2.45) is 5.92 Å². The van der Waals surface area contributed by atoms with Crippen LogP contribution in [0.5, 0.6) is 11.5 Å². The largest absolute Gasteiger partial charge is 0.481 e. The monoisotopic (exact) mass is 656 g/mol. The number of aryl methyl sites for hydroxylation is 2. The molecule has 0 fully saturated rings. The number of Topliss-reactive ketones (excluding diaryl/α,β-unsaturated/α-hetero) is 2. The van der Waals surface area contributed by atoms with Crippen molar-refractivity contribution in [2.45, 2.75) is 51.1 Å². The highest BCUT2D eigenvalue weighted by Crippen LogP contribution is 2.40. The van der Waals surface area contributed by atoms with Crippen LogP contribution in [0.1, 0.15) is 36.0 Å². The van der Waals surface area contributed by atoms with E-state index in [9.17, 15) is 46.6 Å². The summed E-state index contributed by atoms with van der Waals surface area (Å²) in [6.45, 7) is 0.660. The fourth-order valence-electron chi connectivity index (χ4n) is 5.74. The Balaban J connectivity index is 1.33. The van der Waals surface area contributed by atoms with Crippen LogP contribution in [0.25, 0.3) is 0 Å². The van der Waals surface area contributed by atoms with Crippen molar-refractivity contribution in [3.05, 3.63) is 88.5 Å². The second kappa shape index (κ2) is 13.6. The summed E-state index contributed by atoms with van der Waals surface area (Å²) in [5.41, 5.74) is 2.82. The van der Waals surface area contributed by atoms with Crippen LogP contribution in [-0.4, -0.2) is 53.3 Å². The van der Waals surface area contributed by atoms with Crippen molar-refractivity contribution in [3.63, 3.8) is 0 Å². The first-order valence-electron chi connectivity index (χ1n) is 14.6. The third-order valence-electron chi connectivity index (χ3n) is 8.06. The number of amides is 2. The molecule has 1 unspecified atom stereocenters. The van der Waals surface area contributed by atoms with Gasteiger partial charge in [-0.05, 0) is 43.0 Å². The average Bonchev–Trinajstić information content (AvgIpc) is 3.36. The Morgan fingerprint density at radius 1 is 0.979 bits per heavy atom. The summed E-state index contributed by atoms with van der Waals surface area (Å²) in [5.74, 6) is -14.1. The van der Waals surface area contributed by atoms with Gasteiger partial charge < -0.3 is 19.9 Å². The molecular weight excluding hydrogens is 628 g/mol. The molecule has 2 N–H and O–H groups in total. The van der Waals surface area contributed by atoms with E-state index in [4.69, 9.17) is 9.47 Å². The van der Waals surface area contributed by atoms with Crippen LogP contribution in [0.4, 0.5) is 28.0 Å². The minimum absolute atomic E-state index is 0.0394. The molecule has 2 aliphatic rings. The van der Waals surface area contributed by atoms with Crippen LogP contribution in [-0.2, 0) is 32.0 Å².